The van der Waals surface area contributed by atoms with Gasteiger partial charge in [0, 0.05) is 5.02 Å². The number of amides is 1. The fraction of sp³-hybridized carbons (Fsp3) is 0.222. The van der Waals surface area contributed by atoms with Gasteiger partial charge >= 0.3 is 5.97 Å². The number of esters is 1. The maximum absolute atomic E-state index is 13.0. The van der Waals surface area contributed by atoms with Gasteiger partial charge in [0.2, 0.25) is 0 Å². The first-order valence-electron chi connectivity index (χ1n) is 7.39. The number of ether oxygens (including phenoxy) is 1. The summed E-state index contributed by atoms with van der Waals surface area (Å²) in [6.45, 7) is 1.41. The Hall–Kier alpha value is -2.40. The van der Waals surface area contributed by atoms with Crippen molar-refractivity contribution < 1.29 is 18.7 Å². The van der Waals surface area contributed by atoms with Crippen LogP contribution in [-0.2, 0) is 20.7 Å². The van der Waals surface area contributed by atoms with E-state index in [1.807, 2.05) is 6.07 Å². The molecule has 1 N–H and O–H groups in total. The molecule has 1 amide bonds. The zero-order valence-electron chi connectivity index (χ0n) is 13.1. The van der Waals surface area contributed by atoms with Crippen molar-refractivity contribution >= 4 is 23.5 Å². The molecule has 2 rings (SSSR count). The summed E-state index contributed by atoms with van der Waals surface area (Å²) in [5.74, 6) is -1.44. The number of hydrogen-bond acceptors (Lipinski definition) is 3. The van der Waals surface area contributed by atoms with Crippen LogP contribution in [0.5, 0.6) is 0 Å². The quantitative estimate of drug-likeness (QED) is 0.813. The molecule has 2 aromatic rings. The van der Waals surface area contributed by atoms with Crippen LogP contribution in [-0.4, -0.2) is 18.5 Å². The molecule has 0 fully saturated rings. The van der Waals surface area contributed by atoms with Crippen molar-refractivity contribution in [3.8, 4) is 0 Å². The van der Waals surface area contributed by atoms with E-state index in [2.05, 4.69) is 5.32 Å². The number of hydrogen-bond donors (Lipinski definition) is 1. The van der Waals surface area contributed by atoms with Crippen LogP contribution in [0.3, 0.4) is 0 Å². The van der Waals surface area contributed by atoms with Gasteiger partial charge in [0.15, 0.2) is 6.61 Å². The minimum atomic E-state index is -0.592. The predicted octanol–water partition coefficient (Wildman–Crippen LogP) is 3.44. The van der Waals surface area contributed by atoms with Gasteiger partial charge in [-0.2, -0.15) is 0 Å². The normalized spacial score (nSPS) is 11.6. The highest BCUT2D eigenvalue weighted by Crippen LogP contribution is 2.17. The number of carbonyl (C=O) groups is 2. The molecule has 6 heteroatoms. The van der Waals surface area contributed by atoms with Crippen molar-refractivity contribution in [1.82, 2.24) is 5.32 Å². The van der Waals surface area contributed by atoms with Crippen LogP contribution in [0.1, 0.15) is 24.1 Å². The van der Waals surface area contributed by atoms with Crippen molar-refractivity contribution in [3.05, 3.63) is 70.5 Å². The Kier molecular flexibility index (Phi) is 6.32. The first-order chi connectivity index (χ1) is 11.4. The Labute approximate surface area is 144 Å². The molecule has 4 nitrogen and oxygen atoms in total. The molecule has 24 heavy (non-hydrogen) atoms. The molecule has 0 aromatic heterocycles. The van der Waals surface area contributed by atoms with Crippen molar-refractivity contribution in [2.45, 2.75) is 19.4 Å². The Morgan fingerprint density at radius 2 is 1.96 bits per heavy atom. The molecule has 1 atom stereocenters. The molecule has 0 bridgehead atoms. The molecule has 0 radical (unpaired) electrons. The van der Waals surface area contributed by atoms with Gasteiger partial charge in [-0.3, -0.25) is 9.59 Å². The Balaban J connectivity index is 1.79. The van der Waals surface area contributed by atoms with Crippen LogP contribution >= 0.6 is 11.6 Å². The summed E-state index contributed by atoms with van der Waals surface area (Å²) in [7, 11) is 0. The van der Waals surface area contributed by atoms with Gasteiger partial charge in [-0.05, 0) is 42.3 Å². The van der Waals surface area contributed by atoms with Crippen LogP contribution < -0.4 is 5.32 Å². The van der Waals surface area contributed by atoms with E-state index in [0.29, 0.717) is 10.6 Å². The van der Waals surface area contributed by atoms with E-state index in [4.69, 9.17) is 16.3 Å². The number of benzene rings is 2. The fourth-order valence-electron chi connectivity index (χ4n) is 2.15. The first-order valence-corrected chi connectivity index (χ1v) is 7.77. The summed E-state index contributed by atoms with van der Waals surface area (Å²) >= 11 is 5.91. The molecule has 0 saturated heterocycles. The van der Waals surface area contributed by atoms with Gasteiger partial charge in [-0.15, -0.1) is 0 Å². The lowest BCUT2D eigenvalue weighted by Gasteiger charge is -2.14. The Morgan fingerprint density at radius 3 is 2.67 bits per heavy atom. The summed E-state index contributed by atoms with van der Waals surface area (Å²) in [5, 5.41) is 3.30. The van der Waals surface area contributed by atoms with E-state index in [1.165, 1.54) is 18.2 Å². The van der Waals surface area contributed by atoms with E-state index >= 15 is 0 Å². The van der Waals surface area contributed by atoms with Crippen LogP contribution in [0.15, 0.2) is 48.5 Å². The zero-order valence-corrected chi connectivity index (χ0v) is 13.8. The van der Waals surface area contributed by atoms with Gasteiger partial charge in [0.25, 0.3) is 5.91 Å². The average Bonchev–Trinajstić information content (AvgIpc) is 2.53. The second kappa shape index (κ2) is 8.45. The third-order valence-corrected chi connectivity index (χ3v) is 3.56. The molecule has 2 aromatic carbocycles. The molecular weight excluding hydrogens is 333 g/mol. The second-order valence-corrected chi connectivity index (χ2v) is 5.75. The Morgan fingerprint density at radius 1 is 1.21 bits per heavy atom. The summed E-state index contributed by atoms with van der Waals surface area (Å²) < 4.78 is 17.9. The fourth-order valence-corrected chi connectivity index (χ4v) is 2.35. The SMILES string of the molecule is C[C@H](NC(=O)COC(=O)Cc1cccc(F)c1)c1cccc(Cl)c1. The van der Waals surface area contributed by atoms with Gasteiger partial charge in [0.1, 0.15) is 5.82 Å². The first kappa shape index (κ1) is 17.9. The average molecular weight is 350 g/mol. The molecule has 0 aliphatic rings. The van der Waals surface area contributed by atoms with E-state index in [9.17, 15) is 14.0 Å². The molecule has 0 aliphatic heterocycles. The van der Waals surface area contributed by atoms with Crippen LogP contribution in [0, 0.1) is 5.82 Å². The molecule has 0 heterocycles. The number of nitrogens with one attached hydrogen (secondary N) is 1. The standard InChI is InChI=1S/C18H17ClFNO3/c1-12(14-5-3-6-15(19)10-14)21-17(22)11-24-18(23)9-13-4-2-7-16(20)8-13/h2-8,10,12H,9,11H2,1H3,(H,21,22)/t12-/m0/s1. The topological polar surface area (TPSA) is 55.4 Å². The van der Waals surface area contributed by atoms with Crippen molar-refractivity contribution in [2.75, 3.05) is 6.61 Å². The minimum absolute atomic E-state index is 0.0884. The predicted molar refractivity (Wildman–Crippen MR) is 89.1 cm³/mol. The smallest absolute Gasteiger partial charge is 0.310 e. The second-order valence-electron chi connectivity index (χ2n) is 5.31. The molecule has 126 valence electrons. The van der Waals surface area contributed by atoms with Crippen molar-refractivity contribution in [1.29, 1.82) is 0 Å². The van der Waals surface area contributed by atoms with Gasteiger partial charge in [-0.25, -0.2) is 4.39 Å². The van der Waals surface area contributed by atoms with Gasteiger partial charge in [0.05, 0.1) is 12.5 Å². The zero-order chi connectivity index (χ0) is 17.5. The Bertz CT molecular complexity index is 736. The monoisotopic (exact) mass is 349 g/mol. The van der Waals surface area contributed by atoms with Crippen LogP contribution in [0.4, 0.5) is 4.39 Å². The third kappa shape index (κ3) is 5.66. The molecule has 0 unspecified atom stereocenters. The number of halogens is 2. The molecule has 0 saturated carbocycles. The van der Waals surface area contributed by atoms with E-state index in [-0.39, 0.29) is 19.1 Å². The maximum Gasteiger partial charge on any atom is 0.310 e. The summed E-state index contributed by atoms with van der Waals surface area (Å²) in [4.78, 5) is 23.5. The highest BCUT2D eigenvalue weighted by Gasteiger charge is 2.12. The van der Waals surface area contributed by atoms with Crippen molar-refractivity contribution in [3.63, 3.8) is 0 Å². The molecular formula is C18H17ClFNO3. The van der Waals surface area contributed by atoms with Gasteiger partial charge in [-0.1, -0.05) is 35.9 Å². The highest BCUT2D eigenvalue weighted by atomic mass is 35.5. The lowest BCUT2D eigenvalue weighted by Crippen LogP contribution is -2.31. The summed E-state index contributed by atoms with van der Waals surface area (Å²) in [6, 6.07) is 12.5. The van der Waals surface area contributed by atoms with Crippen molar-refractivity contribution in [2.24, 2.45) is 0 Å². The van der Waals surface area contributed by atoms with Crippen LogP contribution in [0.25, 0.3) is 0 Å². The van der Waals surface area contributed by atoms with E-state index in [1.54, 1.807) is 31.2 Å². The van der Waals surface area contributed by atoms with E-state index < -0.39 is 17.7 Å². The van der Waals surface area contributed by atoms with Gasteiger partial charge < -0.3 is 10.1 Å². The lowest BCUT2D eigenvalue weighted by molar-refractivity contribution is -0.148. The summed E-state index contributed by atoms with van der Waals surface area (Å²) in [5.41, 5.74) is 1.34. The summed E-state index contributed by atoms with van der Waals surface area (Å²) in [6.07, 6.45) is -0.0884. The third-order valence-electron chi connectivity index (χ3n) is 3.33. The van der Waals surface area contributed by atoms with E-state index in [0.717, 1.165) is 5.56 Å². The number of carbonyl (C=O) groups excluding carboxylic acids is 2. The highest BCUT2D eigenvalue weighted by molar-refractivity contribution is 6.30. The molecule has 0 spiro atoms. The molecule has 0 aliphatic carbocycles. The minimum Gasteiger partial charge on any atom is -0.455 e. The largest absolute Gasteiger partial charge is 0.455 e. The number of rotatable bonds is 6. The lowest BCUT2D eigenvalue weighted by atomic mass is 10.1. The van der Waals surface area contributed by atoms with Crippen LogP contribution in [0.2, 0.25) is 5.02 Å². The maximum atomic E-state index is 13.0.